The summed E-state index contributed by atoms with van der Waals surface area (Å²) in [5, 5.41) is 11.6. The van der Waals surface area contributed by atoms with Crippen molar-refractivity contribution < 1.29 is 17.9 Å². The topological polar surface area (TPSA) is 81.9 Å². The lowest BCUT2D eigenvalue weighted by molar-refractivity contribution is -0.141. The third kappa shape index (κ3) is 2.98. The molecule has 1 fully saturated rings. The lowest BCUT2D eigenvalue weighted by atomic mass is 10.2. The van der Waals surface area contributed by atoms with Gasteiger partial charge in [0.2, 0.25) is 5.82 Å². The van der Waals surface area contributed by atoms with Crippen LogP contribution in [0.3, 0.4) is 0 Å². The van der Waals surface area contributed by atoms with Gasteiger partial charge in [0.05, 0.1) is 20.2 Å². The van der Waals surface area contributed by atoms with Crippen LogP contribution in [0.1, 0.15) is 17.6 Å². The Bertz CT molecular complexity index is 659. The molecule has 2 aromatic heterocycles. The molecule has 118 valence electrons. The number of aryl methyl sites for hydroxylation is 1. The first-order valence-electron chi connectivity index (χ1n) is 6.43. The van der Waals surface area contributed by atoms with Crippen LogP contribution in [0, 0.1) is 0 Å². The second-order valence-corrected chi connectivity index (χ2v) is 4.70. The Morgan fingerprint density at radius 3 is 2.82 bits per heavy atom. The quantitative estimate of drug-likeness (QED) is 0.802. The largest absolute Gasteiger partial charge is 0.433 e. The maximum Gasteiger partial charge on any atom is 0.433 e. The lowest BCUT2D eigenvalue weighted by Crippen LogP contribution is -2.39. The molecule has 0 spiro atoms. The fourth-order valence-electron chi connectivity index (χ4n) is 2.12. The Balaban J connectivity index is 1.80. The molecule has 8 nitrogen and oxygen atoms in total. The number of halogens is 3. The fraction of sp³-hybridized carbons (Fsp3) is 0.545. The second kappa shape index (κ2) is 5.48. The van der Waals surface area contributed by atoms with Gasteiger partial charge in [0.1, 0.15) is 23.9 Å². The summed E-state index contributed by atoms with van der Waals surface area (Å²) in [5.41, 5.74) is -0.974. The molecule has 3 heterocycles. The van der Waals surface area contributed by atoms with Crippen LogP contribution < -0.4 is 4.90 Å². The van der Waals surface area contributed by atoms with Crippen molar-refractivity contribution in [2.75, 3.05) is 24.6 Å². The summed E-state index contributed by atoms with van der Waals surface area (Å²) in [4.78, 5) is 10.1. The molecule has 22 heavy (non-hydrogen) atoms. The highest BCUT2D eigenvalue weighted by Gasteiger charge is 2.34. The SMILES string of the molecule is Cn1nnc(C2CN(c3cc(C(F)(F)F)ncn3)CCO2)n1. The van der Waals surface area contributed by atoms with E-state index in [4.69, 9.17) is 4.74 Å². The van der Waals surface area contributed by atoms with Crippen molar-refractivity contribution in [3.05, 3.63) is 23.9 Å². The molecule has 0 N–H and O–H groups in total. The highest BCUT2D eigenvalue weighted by atomic mass is 19.4. The summed E-state index contributed by atoms with van der Waals surface area (Å²) in [5.74, 6) is 0.580. The molecule has 0 bridgehead atoms. The molecular weight excluding hydrogens is 303 g/mol. The molecule has 2 aromatic rings. The average molecular weight is 315 g/mol. The first-order valence-corrected chi connectivity index (χ1v) is 6.43. The average Bonchev–Trinajstić information content (AvgIpc) is 2.93. The summed E-state index contributed by atoms with van der Waals surface area (Å²) in [7, 11) is 1.62. The number of alkyl halides is 3. The standard InChI is InChI=1S/C11H12F3N7O/c1-20-18-10(17-19-20)7-5-21(2-3-22-7)9-4-8(11(12,13)14)15-6-16-9/h4,6-7H,2-3,5H2,1H3. The maximum absolute atomic E-state index is 12.7. The van der Waals surface area contributed by atoms with Gasteiger partial charge in [-0.1, -0.05) is 0 Å². The molecule has 0 aliphatic carbocycles. The summed E-state index contributed by atoms with van der Waals surface area (Å²) in [6.07, 6.45) is -4.06. The van der Waals surface area contributed by atoms with Crippen molar-refractivity contribution in [2.45, 2.75) is 12.3 Å². The van der Waals surface area contributed by atoms with Crippen LogP contribution in [0.2, 0.25) is 0 Å². The van der Waals surface area contributed by atoms with Gasteiger partial charge >= 0.3 is 6.18 Å². The number of morpholine rings is 1. The zero-order valence-corrected chi connectivity index (χ0v) is 11.5. The number of nitrogens with zero attached hydrogens (tertiary/aromatic N) is 7. The molecule has 1 atom stereocenters. The van der Waals surface area contributed by atoms with Crippen molar-refractivity contribution >= 4 is 5.82 Å². The summed E-state index contributed by atoms with van der Waals surface area (Å²) in [6.45, 7) is 1.04. The Morgan fingerprint density at radius 1 is 1.32 bits per heavy atom. The molecular formula is C11H12F3N7O. The molecule has 0 saturated carbocycles. The Morgan fingerprint density at radius 2 is 2.14 bits per heavy atom. The van der Waals surface area contributed by atoms with Crippen LogP contribution in [0.5, 0.6) is 0 Å². The van der Waals surface area contributed by atoms with E-state index in [9.17, 15) is 13.2 Å². The van der Waals surface area contributed by atoms with E-state index < -0.39 is 18.0 Å². The molecule has 1 unspecified atom stereocenters. The normalized spacial score (nSPS) is 19.5. The van der Waals surface area contributed by atoms with Gasteiger partial charge < -0.3 is 9.64 Å². The Labute approximate surface area is 122 Å². The number of aromatic nitrogens is 6. The van der Waals surface area contributed by atoms with Gasteiger partial charge in [0, 0.05) is 12.6 Å². The first-order chi connectivity index (χ1) is 10.4. The van der Waals surface area contributed by atoms with Crippen molar-refractivity contribution in [2.24, 2.45) is 7.05 Å². The Kier molecular flexibility index (Phi) is 3.64. The fourth-order valence-corrected chi connectivity index (χ4v) is 2.12. The predicted octanol–water partition coefficient (Wildman–Crippen LogP) is 0.597. The van der Waals surface area contributed by atoms with Crippen LogP contribution in [-0.4, -0.2) is 49.9 Å². The molecule has 3 rings (SSSR count). The van der Waals surface area contributed by atoms with Gasteiger partial charge in [-0.3, -0.25) is 0 Å². The minimum absolute atomic E-state index is 0.194. The number of tetrazole rings is 1. The zero-order chi connectivity index (χ0) is 15.7. The molecule has 0 radical (unpaired) electrons. The molecule has 0 aromatic carbocycles. The van der Waals surface area contributed by atoms with E-state index in [-0.39, 0.29) is 5.82 Å². The predicted molar refractivity (Wildman–Crippen MR) is 66.7 cm³/mol. The first kappa shape index (κ1) is 14.6. The van der Waals surface area contributed by atoms with E-state index in [2.05, 4.69) is 25.4 Å². The van der Waals surface area contributed by atoms with E-state index in [0.717, 1.165) is 12.4 Å². The van der Waals surface area contributed by atoms with Gasteiger partial charge in [0.15, 0.2) is 0 Å². The van der Waals surface area contributed by atoms with Gasteiger partial charge in [0.25, 0.3) is 0 Å². The molecule has 11 heteroatoms. The number of ether oxygens (including phenoxy) is 1. The third-order valence-corrected chi connectivity index (χ3v) is 3.15. The van der Waals surface area contributed by atoms with Crippen molar-refractivity contribution in [1.82, 2.24) is 30.2 Å². The number of hydrogen-bond donors (Lipinski definition) is 0. The van der Waals surface area contributed by atoms with E-state index in [1.165, 1.54) is 4.80 Å². The maximum atomic E-state index is 12.7. The highest BCUT2D eigenvalue weighted by molar-refractivity contribution is 5.40. The van der Waals surface area contributed by atoms with Crippen LogP contribution in [0.25, 0.3) is 0 Å². The summed E-state index contributed by atoms with van der Waals surface area (Å²) < 4.78 is 43.7. The van der Waals surface area contributed by atoms with Crippen LogP contribution in [0.15, 0.2) is 12.4 Å². The van der Waals surface area contributed by atoms with Crippen LogP contribution >= 0.6 is 0 Å². The summed E-state index contributed by atoms with van der Waals surface area (Å²) >= 11 is 0. The Hall–Kier alpha value is -2.30. The molecule has 1 aliphatic heterocycles. The zero-order valence-electron chi connectivity index (χ0n) is 11.5. The minimum atomic E-state index is -4.50. The summed E-state index contributed by atoms with van der Waals surface area (Å²) in [6, 6.07) is 0.923. The van der Waals surface area contributed by atoms with Gasteiger partial charge in [-0.15, -0.1) is 10.2 Å². The molecule has 1 aliphatic rings. The van der Waals surface area contributed by atoms with E-state index in [0.29, 0.717) is 25.5 Å². The van der Waals surface area contributed by atoms with Gasteiger partial charge in [-0.05, 0) is 5.21 Å². The van der Waals surface area contributed by atoms with E-state index in [1.807, 2.05) is 0 Å². The second-order valence-electron chi connectivity index (χ2n) is 4.70. The van der Waals surface area contributed by atoms with Crippen LogP contribution in [-0.2, 0) is 18.0 Å². The third-order valence-electron chi connectivity index (χ3n) is 3.15. The van der Waals surface area contributed by atoms with Crippen molar-refractivity contribution in [1.29, 1.82) is 0 Å². The van der Waals surface area contributed by atoms with Crippen molar-refractivity contribution in [3.8, 4) is 0 Å². The number of anilines is 1. The van der Waals surface area contributed by atoms with Crippen LogP contribution in [0.4, 0.5) is 19.0 Å². The van der Waals surface area contributed by atoms with Gasteiger partial charge in [-0.25, -0.2) is 9.97 Å². The molecule has 0 amide bonds. The highest BCUT2D eigenvalue weighted by Crippen LogP contribution is 2.30. The minimum Gasteiger partial charge on any atom is -0.366 e. The number of hydrogen-bond acceptors (Lipinski definition) is 7. The van der Waals surface area contributed by atoms with Gasteiger partial charge in [-0.2, -0.15) is 18.0 Å². The number of rotatable bonds is 2. The lowest BCUT2D eigenvalue weighted by Gasteiger charge is -2.32. The smallest absolute Gasteiger partial charge is 0.366 e. The molecule has 1 saturated heterocycles. The van der Waals surface area contributed by atoms with Crippen molar-refractivity contribution in [3.63, 3.8) is 0 Å². The van der Waals surface area contributed by atoms with E-state index in [1.54, 1.807) is 11.9 Å². The van der Waals surface area contributed by atoms with E-state index >= 15 is 0 Å². The monoisotopic (exact) mass is 315 g/mol.